The van der Waals surface area contributed by atoms with Crippen LogP contribution < -0.4 is 0 Å². The van der Waals surface area contributed by atoms with Crippen LogP contribution >= 0.6 is 11.3 Å². The molecule has 0 amide bonds. The number of hydrogen-bond donors (Lipinski definition) is 0. The van der Waals surface area contributed by atoms with E-state index in [0.29, 0.717) is 5.92 Å². The van der Waals surface area contributed by atoms with Crippen molar-refractivity contribution < 1.29 is 0 Å². The first-order valence-electron chi connectivity index (χ1n) is 8.64. The van der Waals surface area contributed by atoms with Crippen LogP contribution in [0.25, 0.3) is 0 Å². The summed E-state index contributed by atoms with van der Waals surface area (Å²) in [7, 11) is 0. The summed E-state index contributed by atoms with van der Waals surface area (Å²) in [5.74, 6) is 0.672. The molecule has 20 heavy (non-hydrogen) atoms. The Morgan fingerprint density at radius 2 is 1.40 bits per heavy atom. The molecule has 0 radical (unpaired) electrons. The SMILES string of the molecule is CCCCCCCC(CCCCCCC)c1nncs1. The van der Waals surface area contributed by atoms with Crippen LogP contribution in [0.1, 0.15) is 102 Å². The second-order valence-corrected chi connectivity index (χ2v) is 6.74. The van der Waals surface area contributed by atoms with Crippen LogP contribution in [0.4, 0.5) is 0 Å². The van der Waals surface area contributed by atoms with Gasteiger partial charge >= 0.3 is 0 Å². The molecule has 0 aliphatic rings. The molecular formula is C17H32N2S. The highest BCUT2D eigenvalue weighted by molar-refractivity contribution is 7.09. The Balaban J connectivity index is 2.22. The van der Waals surface area contributed by atoms with Gasteiger partial charge < -0.3 is 0 Å². The second-order valence-electron chi connectivity index (χ2n) is 5.88. The number of rotatable bonds is 13. The van der Waals surface area contributed by atoms with E-state index < -0.39 is 0 Å². The van der Waals surface area contributed by atoms with Crippen LogP contribution in [0.5, 0.6) is 0 Å². The predicted molar refractivity (Wildman–Crippen MR) is 89.4 cm³/mol. The molecule has 0 aliphatic heterocycles. The minimum atomic E-state index is 0.672. The van der Waals surface area contributed by atoms with Gasteiger partial charge in [-0.2, -0.15) is 0 Å². The van der Waals surface area contributed by atoms with Gasteiger partial charge in [0, 0.05) is 5.92 Å². The highest BCUT2D eigenvalue weighted by atomic mass is 32.1. The van der Waals surface area contributed by atoms with E-state index >= 15 is 0 Å². The molecule has 0 unspecified atom stereocenters. The summed E-state index contributed by atoms with van der Waals surface area (Å²) in [6.07, 6.45) is 16.4. The minimum Gasteiger partial charge on any atom is -0.147 e. The summed E-state index contributed by atoms with van der Waals surface area (Å²) in [5, 5.41) is 9.62. The largest absolute Gasteiger partial charge is 0.147 e. The topological polar surface area (TPSA) is 25.8 Å². The number of nitrogens with zero attached hydrogens (tertiary/aromatic N) is 2. The van der Waals surface area contributed by atoms with Crippen LogP contribution in [-0.4, -0.2) is 10.2 Å². The zero-order valence-corrected chi connectivity index (χ0v) is 14.3. The van der Waals surface area contributed by atoms with Gasteiger partial charge in [-0.05, 0) is 12.8 Å². The first-order valence-corrected chi connectivity index (χ1v) is 9.52. The molecule has 1 heterocycles. The fourth-order valence-electron chi connectivity index (χ4n) is 2.74. The highest BCUT2D eigenvalue weighted by Gasteiger charge is 2.14. The number of aromatic nitrogens is 2. The molecule has 116 valence electrons. The van der Waals surface area contributed by atoms with Crippen molar-refractivity contribution in [3.8, 4) is 0 Å². The lowest BCUT2D eigenvalue weighted by molar-refractivity contribution is 0.487. The number of hydrogen-bond acceptors (Lipinski definition) is 3. The van der Waals surface area contributed by atoms with Gasteiger partial charge in [-0.1, -0.05) is 78.1 Å². The monoisotopic (exact) mass is 296 g/mol. The van der Waals surface area contributed by atoms with Gasteiger partial charge in [0.1, 0.15) is 10.5 Å². The first kappa shape index (κ1) is 17.6. The van der Waals surface area contributed by atoms with Gasteiger partial charge in [0.05, 0.1) is 0 Å². The molecule has 1 rings (SSSR count). The summed E-state index contributed by atoms with van der Waals surface area (Å²) >= 11 is 1.75. The zero-order valence-electron chi connectivity index (χ0n) is 13.4. The van der Waals surface area contributed by atoms with Crippen LogP contribution in [0.3, 0.4) is 0 Å². The quantitative estimate of drug-likeness (QED) is 0.397. The van der Waals surface area contributed by atoms with E-state index in [0.717, 1.165) is 0 Å². The average Bonchev–Trinajstić information content (AvgIpc) is 2.98. The molecule has 1 aromatic heterocycles. The van der Waals surface area contributed by atoms with E-state index in [1.54, 1.807) is 11.3 Å². The third-order valence-corrected chi connectivity index (χ3v) is 4.89. The van der Waals surface area contributed by atoms with Crippen LogP contribution in [0.2, 0.25) is 0 Å². The lowest BCUT2D eigenvalue weighted by Gasteiger charge is -2.13. The van der Waals surface area contributed by atoms with E-state index in [1.165, 1.54) is 82.1 Å². The molecular weight excluding hydrogens is 264 g/mol. The van der Waals surface area contributed by atoms with Crippen molar-refractivity contribution in [1.29, 1.82) is 0 Å². The molecule has 0 spiro atoms. The molecule has 0 aromatic carbocycles. The molecule has 0 saturated heterocycles. The third-order valence-electron chi connectivity index (χ3n) is 4.04. The fourth-order valence-corrected chi connectivity index (χ4v) is 3.46. The summed E-state index contributed by atoms with van der Waals surface area (Å²) in [6, 6.07) is 0. The Bertz CT molecular complexity index is 284. The van der Waals surface area contributed by atoms with Gasteiger partial charge in [0.15, 0.2) is 0 Å². The molecule has 0 saturated carbocycles. The Kier molecular flexibility index (Phi) is 10.8. The van der Waals surface area contributed by atoms with Crippen LogP contribution in [-0.2, 0) is 0 Å². The zero-order chi connectivity index (χ0) is 14.5. The van der Waals surface area contributed by atoms with Crippen molar-refractivity contribution in [2.24, 2.45) is 0 Å². The summed E-state index contributed by atoms with van der Waals surface area (Å²) < 4.78 is 0. The molecule has 0 N–H and O–H groups in total. The van der Waals surface area contributed by atoms with Crippen molar-refractivity contribution in [2.45, 2.75) is 96.8 Å². The molecule has 0 fully saturated rings. The van der Waals surface area contributed by atoms with Gasteiger partial charge in [0.25, 0.3) is 0 Å². The highest BCUT2D eigenvalue weighted by Crippen LogP contribution is 2.29. The fraction of sp³-hybridized carbons (Fsp3) is 0.882. The lowest BCUT2D eigenvalue weighted by atomic mass is 9.95. The molecule has 2 nitrogen and oxygen atoms in total. The molecule has 3 heteroatoms. The average molecular weight is 297 g/mol. The Morgan fingerprint density at radius 3 is 1.85 bits per heavy atom. The maximum atomic E-state index is 4.32. The van der Waals surface area contributed by atoms with Crippen molar-refractivity contribution >= 4 is 11.3 Å². The van der Waals surface area contributed by atoms with Gasteiger partial charge in [0.2, 0.25) is 0 Å². The maximum Gasteiger partial charge on any atom is 0.120 e. The Morgan fingerprint density at radius 1 is 0.850 bits per heavy atom. The summed E-state index contributed by atoms with van der Waals surface area (Å²) in [6.45, 7) is 4.56. The van der Waals surface area contributed by atoms with Crippen LogP contribution in [0, 0.1) is 0 Å². The van der Waals surface area contributed by atoms with E-state index in [9.17, 15) is 0 Å². The lowest BCUT2D eigenvalue weighted by Crippen LogP contribution is -1.99. The van der Waals surface area contributed by atoms with Crippen LogP contribution in [0.15, 0.2) is 5.51 Å². The molecule has 0 bridgehead atoms. The van der Waals surface area contributed by atoms with Crippen molar-refractivity contribution in [2.75, 3.05) is 0 Å². The van der Waals surface area contributed by atoms with E-state index in [1.807, 2.05) is 5.51 Å². The normalized spacial score (nSPS) is 11.3. The van der Waals surface area contributed by atoms with E-state index in [4.69, 9.17) is 0 Å². The van der Waals surface area contributed by atoms with E-state index in [2.05, 4.69) is 24.0 Å². The maximum absolute atomic E-state index is 4.32. The predicted octanol–water partition coefficient (Wildman–Crippen LogP) is 6.34. The smallest absolute Gasteiger partial charge is 0.120 e. The second kappa shape index (κ2) is 12.3. The standard InChI is InChI=1S/C17H32N2S/c1-3-5-7-9-11-13-16(17-19-18-15-20-17)14-12-10-8-6-4-2/h15-16H,3-14H2,1-2H3. The van der Waals surface area contributed by atoms with Gasteiger partial charge in [-0.3, -0.25) is 0 Å². The van der Waals surface area contributed by atoms with Crippen molar-refractivity contribution in [3.05, 3.63) is 10.5 Å². The molecule has 0 atom stereocenters. The first-order chi connectivity index (χ1) is 9.88. The minimum absolute atomic E-state index is 0.672. The molecule has 0 aliphatic carbocycles. The van der Waals surface area contributed by atoms with Crippen molar-refractivity contribution in [3.63, 3.8) is 0 Å². The summed E-state index contributed by atoms with van der Waals surface area (Å²) in [4.78, 5) is 0. The Hall–Kier alpha value is -0.440. The third kappa shape index (κ3) is 7.98. The van der Waals surface area contributed by atoms with Gasteiger partial charge in [-0.15, -0.1) is 21.5 Å². The van der Waals surface area contributed by atoms with E-state index in [-0.39, 0.29) is 0 Å². The van der Waals surface area contributed by atoms with Crippen molar-refractivity contribution in [1.82, 2.24) is 10.2 Å². The Labute approximate surface area is 129 Å². The number of unbranched alkanes of at least 4 members (excludes halogenated alkanes) is 8. The molecule has 1 aromatic rings. The summed E-state index contributed by atoms with van der Waals surface area (Å²) in [5.41, 5.74) is 1.89. The van der Waals surface area contributed by atoms with Gasteiger partial charge in [-0.25, -0.2) is 0 Å².